The van der Waals surface area contributed by atoms with Crippen molar-refractivity contribution in [1.82, 2.24) is 5.32 Å². The van der Waals surface area contributed by atoms with Crippen LogP contribution in [0.15, 0.2) is 18.2 Å². The van der Waals surface area contributed by atoms with Crippen LogP contribution in [0.2, 0.25) is 5.02 Å². The summed E-state index contributed by atoms with van der Waals surface area (Å²) in [6.45, 7) is 1.33. The van der Waals surface area contributed by atoms with Gasteiger partial charge in [0.05, 0.1) is 16.0 Å². The van der Waals surface area contributed by atoms with Gasteiger partial charge in [-0.3, -0.25) is 9.59 Å². The highest BCUT2D eigenvalue weighted by Gasteiger charge is 2.38. The first kappa shape index (κ1) is 16.7. The molecular weight excluding hydrogens is 306 g/mol. The van der Waals surface area contributed by atoms with Gasteiger partial charge in [-0.1, -0.05) is 11.6 Å². The molecule has 1 fully saturated rings. The number of benzene rings is 1. The zero-order valence-electron chi connectivity index (χ0n) is 12.4. The maximum absolute atomic E-state index is 12.5. The van der Waals surface area contributed by atoms with Crippen LogP contribution in [-0.4, -0.2) is 38.6 Å². The molecule has 1 aromatic rings. The predicted octanol–water partition coefficient (Wildman–Crippen LogP) is 1.39. The van der Waals surface area contributed by atoms with Gasteiger partial charge in [-0.05, 0) is 31.0 Å². The number of rotatable bonds is 4. The number of nitrogens with two attached hydrogens (primary N) is 1. The normalized spacial score (nSPS) is 16.9. The number of carbonyl (C=O) groups excluding carboxylic acids is 2. The molecule has 1 aliphatic heterocycles. The number of halogens is 1. The Morgan fingerprint density at radius 1 is 1.36 bits per heavy atom. The van der Waals surface area contributed by atoms with Crippen LogP contribution in [0.25, 0.3) is 0 Å². The fourth-order valence-electron chi connectivity index (χ4n) is 2.46. The van der Waals surface area contributed by atoms with E-state index in [1.54, 1.807) is 18.2 Å². The number of amides is 2. The molecule has 0 bridgehead atoms. The summed E-state index contributed by atoms with van der Waals surface area (Å²) in [4.78, 5) is 24.1. The standard InChI is InChI=1S/C15H20ClN3O3/c1-18-13(20)11-3-2-10(8-12(11)16)19-14(21)15(9-17)4-6-22-7-5-15/h2-3,8H,4-7,9,17H2,1H3,(H,18,20)(H,19,21). The smallest absolute Gasteiger partial charge is 0.252 e. The van der Waals surface area contributed by atoms with Crippen molar-refractivity contribution in [2.24, 2.45) is 11.1 Å². The van der Waals surface area contributed by atoms with E-state index in [4.69, 9.17) is 22.1 Å². The largest absolute Gasteiger partial charge is 0.381 e. The van der Waals surface area contributed by atoms with Crippen LogP contribution < -0.4 is 16.4 Å². The molecule has 120 valence electrons. The summed E-state index contributed by atoms with van der Waals surface area (Å²) in [6, 6.07) is 4.79. The average molecular weight is 326 g/mol. The maximum Gasteiger partial charge on any atom is 0.252 e. The van der Waals surface area contributed by atoms with E-state index in [-0.39, 0.29) is 23.4 Å². The van der Waals surface area contributed by atoms with Crippen LogP contribution in [0, 0.1) is 5.41 Å². The van der Waals surface area contributed by atoms with Crippen molar-refractivity contribution in [3.05, 3.63) is 28.8 Å². The number of ether oxygens (including phenoxy) is 1. The minimum absolute atomic E-state index is 0.137. The van der Waals surface area contributed by atoms with E-state index in [0.717, 1.165) is 0 Å². The van der Waals surface area contributed by atoms with Crippen molar-refractivity contribution < 1.29 is 14.3 Å². The number of hydrogen-bond acceptors (Lipinski definition) is 4. The SMILES string of the molecule is CNC(=O)c1ccc(NC(=O)C2(CN)CCOCC2)cc1Cl. The van der Waals surface area contributed by atoms with Crippen molar-refractivity contribution in [3.63, 3.8) is 0 Å². The second-order valence-electron chi connectivity index (χ2n) is 5.32. The predicted molar refractivity (Wildman–Crippen MR) is 85.0 cm³/mol. The third-order valence-electron chi connectivity index (χ3n) is 4.02. The molecule has 0 spiro atoms. The summed E-state index contributed by atoms with van der Waals surface area (Å²) in [5.74, 6) is -0.409. The van der Waals surface area contributed by atoms with Crippen LogP contribution in [0.4, 0.5) is 5.69 Å². The van der Waals surface area contributed by atoms with Crippen LogP contribution in [0.5, 0.6) is 0 Å². The van der Waals surface area contributed by atoms with Gasteiger partial charge in [0, 0.05) is 32.5 Å². The van der Waals surface area contributed by atoms with Gasteiger partial charge in [0.25, 0.3) is 5.91 Å². The number of carbonyl (C=O) groups is 2. The summed E-state index contributed by atoms with van der Waals surface area (Å²) < 4.78 is 5.30. The monoisotopic (exact) mass is 325 g/mol. The van der Waals surface area contributed by atoms with E-state index in [2.05, 4.69) is 10.6 Å². The summed E-state index contributed by atoms with van der Waals surface area (Å²) >= 11 is 6.08. The van der Waals surface area contributed by atoms with Crippen LogP contribution >= 0.6 is 11.6 Å². The van der Waals surface area contributed by atoms with E-state index in [1.165, 1.54) is 7.05 Å². The van der Waals surface area contributed by atoms with Gasteiger partial charge in [0.1, 0.15) is 0 Å². The van der Waals surface area contributed by atoms with Gasteiger partial charge in [0.2, 0.25) is 5.91 Å². The molecular formula is C15H20ClN3O3. The topological polar surface area (TPSA) is 93.5 Å². The van der Waals surface area contributed by atoms with Gasteiger partial charge >= 0.3 is 0 Å². The lowest BCUT2D eigenvalue weighted by atomic mass is 9.79. The number of hydrogen-bond donors (Lipinski definition) is 3. The van der Waals surface area contributed by atoms with E-state index in [9.17, 15) is 9.59 Å². The molecule has 6 nitrogen and oxygen atoms in total. The van der Waals surface area contributed by atoms with E-state index < -0.39 is 5.41 Å². The van der Waals surface area contributed by atoms with Crippen LogP contribution in [0.1, 0.15) is 23.2 Å². The second-order valence-corrected chi connectivity index (χ2v) is 5.73. The van der Waals surface area contributed by atoms with Crippen LogP contribution in [-0.2, 0) is 9.53 Å². The molecule has 0 radical (unpaired) electrons. The summed E-state index contributed by atoms with van der Waals surface area (Å²) in [5.41, 5.74) is 6.11. The summed E-state index contributed by atoms with van der Waals surface area (Å²) in [7, 11) is 1.53. The summed E-state index contributed by atoms with van der Waals surface area (Å²) in [5, 5.41) is 5.63. The van der Waals surface area contributed by atoms with Gasteiger partial charge in [-0.15, -0.1) is 0 Å². The Kier molecular flexibility index (Phi) is 5.39. The minimum Gasteiger partial charge on any atom is -0.381 e. The lowest BCUT2D eigenvalue weighted by Crippen LogP contribution is -2.46. The minimum atomic E-state index is -0.607. The molecule has 0 aromatic heterocycles. The molecule has 22 heavy (non-hydrogen) atoms. The Morgan fingerprint density at radius 3 is 2.59 bits per heavy atom. The molecule has 0 unspecified atom stereocenters. The van der Waals surface area contributed by atoms with Crippen LogP contribution in [0.3, 0.4) is 0 Å². The lowest BCUT2D eigenvalue weighted by molar-refractivity contribution is -0.130. The van der Waals surface area contributed by atoms with Crippen molar-refractivity contribution >= 4 is 29.1 Å². The molecule has 2 rings (SSSR count). The first-order valence-corrected chi connectivity index (χ1v) is 7.51. The quantitative estimate of drug-likeness (QED) is 0.780. The highest BCUT2D eigenvalue weighted by molar-refractivity contribution is 6.34. The molecule has 4 N–H and O–H groups in total. The van der Waals surface area contributed by atoms with Crippen molar-refractivity contribution in [2.45, 2.75) is 12.8 Å². The molecule has 1 heterocycles. The Balaban J connectivity index is 2.14. The zero-order valence-corrected chi connectivity index (χ0v) is 13.2. The Morgan fingerprint density at radius 2 is 2.05 bits per heavy atom. The highest BCUT2D eigenvalue weighted by atomic mass is 35.5. The van der Waals surface area contributed by atoms with Gasteiger partial charge in [0.15, 0.2) is 0 Å². The third-order valence-corrected chi connectivity index (χ3v) is 4.33. The zero-order chi connectivity index (χ0) is 16.2. The van der Waals surface area contributed by atoms with Gasteiger partial charge in [-0.25, -0.2) is 0 Å². The first-order chi connectivity index (χ1) is 10.5. The molecule has 1 saturated heterocycles. The fourth-order valence-corrected chi connectivity index (χ4v) is 2.73. The van der Waals surface area contributed by atoms with Crippen molar-refractivity contribution in [3.8, 4) is 0 Å². The lowest BCUT2D eigenvalue weighted by Gasteiger charge is -2.34. The fraction of sp³-hybridized carbons (Fsp3) is 0.467. The molecule has 0 saturated carbocycles. The molecule has 0 atom stereocenters. The maximum atomic E-state index is 12.5. The van der Waals surface area contributed by atoms with E-state index in [1.807, 2.05) is 0 Å². The molecule has 1 aromatic carbocycles. The number of anilines is 1. The van der Waals surface area contributed by atoms with Gasteiger partial charge < -0.3 is 21.1 Å². The van der Waals surface area contributed by atoms with Crippen molar-refractivity contribution in [2.75, 3.05) is 32.1 Å². The first-order valence-electron chi connectivity index (χ1n) is 7.13. The molecule has 7 heteroatoms. The van der Waals surface area contributed by atoms with Crippen molar-refractivity contribution in [1.29, 1.82) is 0 Å². The average Bonchev–Trinajstić information content (AvgIpc) is 2.54. The molecule has 0 aliphatic carbocycles. The Labute approximate surface area is 134 Å². The van der Waals surface area contributed by atoms with E-state index >= 15 is 0 Å². The number of nitrogens with one attached hydrogen (secondary N) is 2. The third kappa shape index (κ3) is 3.40. The van der Waals surface area contributed by atoms with Gasteiger partial charge in [-0.2, -0.15) is 0 Å². The summed E-state index contributed by atoms with van der Waals surface area (Å²) in [6.07, 6.45) is 1.19. The molecule has 2 amide bonds. The Hall–Kier alpha value is -1.63. The second kappa shape index (κ2) is 7.09. The van der Waals surface area contributed by atoms with E-state index in [0.29, 0.717) is 37.3 Å². The highest BCUT2D eigenvalue weighted by Crippen LogP contribution is 2.31. The molecule has 1 aliphatic rings. The Bertz CT molecular complexity index is 571.